The third-order valence-electron chi connectivity index (χ3n) is 3.70. The average molecular weight is 220 g/mol. The minimum atomic E-state index is -0.575. The van der Waals surface area contributed by atoms with Gasteiger partial charge >= 0.3 is 0 Å². The summed E-state index contributed by atoms with van der Waals surface area (Å²) >= 11 is 0. The van der Waals surface area contributed by atoms with Crippen molar-refractivity contribution in [3.63, 3.8) is 0 Å². The highest BCUT2D eigenvalue weighted by Crippen LogP contribution is 2.31. The zero-order chi connectivity index (χ0) is 11.2. The zero-order valence-electron chi connectivity index (χ0n) is 9.22. The van der Waals surface area contributed by atoms with E-state index in [1.165, 1.54) is 0 Å². The Morgan fingerprint density at radius 3 is 2.94 bits per heavy atom. The van der Waals surface area contributed by atoms with Crippen LogP contribution in [0.2, 0.25) is 0 Å². The van der Waals surface area contributed by atoms with Crippen LogP contribution in [0.25, 0.3) is 0 Å². The van der Waals surface area contributed by atoms with Crippen LogP contribution in [0.1, 0.15) is 25.1 Å². The summed E-state index contributed by atoms with van der Waals surface area (Å²) in [6.07, 6.45) is 6.47. The third-order valence-corrected chi connectivity index (χ3v) is 3.70. The Hall–Kier alpha value is -1.36. The second kappa shape index (κ2) is 3.31. The lowest BCUT2D eigenvalue weighted by Gasteiger charge is -2.41. The summed E-state index contributed by atoms with van der Waals surface area (Å²) in [4.78, 5) is 18.3. The van der Waals surface area contributed by atoms with Crippen molar-refractivity contribution >= 4 is 5.91 Å². The molecular weight excluding hydrogens is 204 g/mol. The summed E-state index contributed by atoms with van der Waals surface area (Å²) in [6.45, 7) is 2.18. The topological polar surface area (TPSA) is 64.2 Å². The Kier molecular flexibility index (Phi) is 2.04. The molecule has 5 heteroatoms. The number of aromatic nitrogens is 2. The van der Waals surface area contributed by atoms with Crippen molar-refractivity contribution in [2.24, 2.45) is 5.73 Å². The van der Waals surface area contributed by atoms with E-state index >= 15 is 0 Å². The molecule has 1 aliphatic heterocycles. The number of hydrogen-bond acceptors (Lipinski definition) is 3. The predicted molar refractivity (Wildman–Crippen MR) is 58.4 cm³/mol. The van der Waals surface area contributed by atoms with Gasteiger partial charge in [0, 0.05) is 25.5 Å². The number of nitrogens with two attached hydrogens (primary N) is 1. The fraction of sp³-hybridized carbons (Fsp3) is 0.636. The number of nitrogens with zero attached hydrogens (tertiary/aromatic N) is 3. The highest BCUT2D eigenvalue weighted by atomic mass is 16.2. The standard InChI is InChI=1S/C11H16N4O/c12-11(2-1-3-11)10(16)15-7-6-14-5-4-13-9(14)8-15/h4-5H,1-3,6-8,12H2. The Labute approximate surface area is 94.2 Å². The van der Waals surface area contributed by atoms with Crippen molar-refractivity contribution < 1.29 is 4.79 Å². The summed E-state index contributed by atoms with van der Waals surface area (Å²) in [5.74, 6) is 1.07. The van der Waals surface area contributed by atoms with Crippen LogP contribution in [0.5, 0.6) is 0 Å². The van der Waals surface area contributed by atoms with E-state index in [-0.39, 0.29) is 5.91 Å². The molecule has 0 radical (unpaired) electrons. The largest absolute Gasteiger partial charge is 0.332 e. The third kappa shape index (κ3) is 1.35. The molecule has 16 heavy (non-hydrogen) atoms. The van der Waals surface area contributed by atoms with Crippen molar-refractivity contribution in [2.75, 3.05) is 6.54 Å². The van der Waals surface area contributed by atoms with Crippen molar-refractivity contribution in [1.29, 1.82) is 0 Å². The molecule has 1 fully saturated rings. The molecule has 1 saturated carbocycles. The van der Waals surface area contributed by atoms with Gasteiger partial charge < -0.3 is 15.2 Å². The molecule has 2 N–H and O–H groups in total. The molecule has 0 spiro atoms. The molecule has 0 bridgehead atoms. The van der Waals surface area contributed by atoms with E-state index < -0.39 is 5.54 Å². The van der Waals surface area contributed by atoms with Crippen LogP contribution in [-0.2, 0) is 17.9 Å². The molecule has 2 aliphatic rings. The van der Waals surface area contributed by atoms with Gasteiger partial charge in [-0.25, -0.2) is 4.98 Å². The molecule has 1 aliphatic carbocycles. The van der Waals surface area contributed by atoms with E-state index in [4.69, 9.17) is 5.73 Å². The van der Waals surface area contributed by atoms with E-state index in [0.717, 1.165) is 38.2 Å². The summed E-state index contributed by atoms with van der Waals surface area (Å²) in [5.41, 5.74) is 5.48. The molecule has 0 aromatic carbocycles. The molecule has 0 atom stereocenters. The van der Waals surface area contributed by atoms with Crippen LogP contribution in [-0.4, -0.2) is 32.4 Å². The van der Waals surface area contributed by atoms with Crippen LogP contribution in [0.15, 0.2) is 12.4 Å². The molecule has 1 aromatic heterocycles. The van der Waals surface area contributed by atoms with Gasteiger partial charge in [-0.15, -0.1) is 0 Å². The fourth-order valence-electron chi connectivity index (χ4n) is 2.43. The van der Waals surface area contributed by atoms with E-state index in [9.17, 15) is 4.79 Å². The number of amides is 1. The first-order chi connectivity index (χ1) is 7.69. The maximum absolute atomic E-state index is 12.2. The summed E-state index contributed by atoms with van der Waals surface area (Å²) < 4.78 is 2.09. The van der Waals surface area contributed by atoms with Gasteiger partial charge in [-0.3, -0.25) is 4.79 Å². The number of rotatable bonds is 1. The molecule has 1 aromatic rings. The van der Waals surface area contributed by atoms with Gasteiger partial charge in [0.1, 0.15) is 5.82 Å². The lowest BCUT2D eigenvalue weighted by Crippen LogP contribution is -2.60. The number of fused-ring (bicyclic) bond motifs is 1. The number of hydrogen-bond donors (Lipinski definition) is 1. The van der Waals surface area contributed by atoms with E-state index in [1.54, 1.807) is 6.20 Å². The second-order valence-corrected chi connectivity index (χ2v) is 4.77. The van der Waals surface area contributed by atoms with Crippen molar-refractivity contribution in [2.45, 2.75) is 37.9 Å². The Bertz CT molecular complexity index is 421. The lowest BCUT2D eigenvalue weighted by atomic mass is 9.76. The first-order valence-corrected chi connectivity index (χ1v) is 5.77. The Morgan fingerprint density at radius 1 is 1.44 bits per heavy atom. The van der Waals surface area contributed by atoms with Gasteiger partial charge in [-0.1, -0.05) is 0 Å². The van der Waals surface area contributed by atoms with Crippen LogP contribution in [0.4, 0.5) is 0 Å². The highest BCUT2D eigenvalue weighted by Gasteiger charge is 2.43. The summed E-state index contributed by atoms with van der Waals surface area (Å²) in [6, 6.07) is 0. The van der Waals surface area contributed by atoms with Gasteiger partial charge in [0.15, 0.2) is 0 Å². The number of carbonyl (C=O) groups excluding carboxylic acids is 1. The molecule has 0 unspecified atom stereocenters. The summed E-state index contributed by atoms with van der Waals surface area (Å²) in [5, 5.41) is 0. The number of carbonyl (C=O) groups is 1. The monoisotopic (exact) mass is 220 g/mol. The Morgan fingerprint density at radius 2 is 2.25 bits per heavy atom. The average Bonchev–Trinajstić information content (AvgIpc) is 2.71. The smallest absolute Gasteiger partial charge is 0.243 e. The first-order valence-electron chi connectivity index (χ1n) is 5.77. The zero-order valence-corrected chi connectivity index (χ0v) is 9.22. The van der Waals surface area contributed by atoms with Gasteiger partial charge in [0.05, 0.1) is 12.1 Å². The van der Waals surface area contributed by atoms with Crippen LogP contribution in [0, 0.1) is 0 Å². The second-order valence-electron chi connectivity index (χ2n) is 4.77. The molecule has 0 saturated heterocycles. The van der Waals surface area contributed by atoms with Gasteiger partial charge in [-0.2, -0.15) is 0 Å². The minimum absolute atomic E-state index is 0.105. The number of imidazole rings is 1. The van der Waals surface area contributed by atoms with E-state index in [1.807, 2.05) is 11.1 Å². The first kappa shape index (κ1) is 9.84. The van der Waals surface area contributed by atoms with Gasteiger partial charge in [-0.05, 0) is 19.3 Å². The quantitative estimate of drug-likeness (QED) is 0.730. The molecule has 2 heterocycles. The van der Waals surface area contributed by atoms with E-state index in [0.29, 0.717) is 6.54 Å². The van der Waals surface area contributed by atoms with Crippen molar-refractivity contribution in [3.8, 4) is 0 Å². The minimum Gasteiger partial charge on any atom is -0.332 e. The molecule has 86 valence electrons. The predicted octanol–water partition coefficient (Wildman–Crippen LogP) is 0.107. The maximum atomic E-state index is 12.2. The van der Waals surface area contributed by atoms with Crippen molar-refractivity contribution in [1.82, 2.24) is 14.5 Å². The van der Waals surface area contributed by atoms with Gasteiger partial charge in [0.2, 0.25) is 5.91 Å². The van der Waals surface area contributed by atoms with Gasteiger partial charge in [0.25, 0.3) is 0 Å². The van der Waals surface area contributed by atoms with Crippen LogP contribution >= 0.6 is 0 Å². The molecule has 1 amide bonds. The van der Waals surface area contributed by atoms with E-state index in [2.05, 4.69) is 9.55 Å². The van der Waals surface area contributed by atoms with Crippen molar-refractivity contribution in [3.05, 3.63) is 18.2 Å². The molecule has 5 nitrogen and oxygen atoms in total. The lowest BCUT2D eigenvalue weighted by molar-refractivity contribution is -0.141. The highest BCUT2D eigenvalue weighted by molar-refractivity contribution is 5.87. The van der Waals surface area contributed by atoms with Crippen LogP contribution in [0.3, 0.4) is 0 Å². The normalized spacial score (nSPS) is 22.4. The fourth-order valence-corrected chi connectivity index (χ4v) is 2.43. The molecular formula is C11H16N4O. The summed E-state index contributed by atoms with van der Waals surface area (Å²) in [7, 11) is 0. The van der Waals surface area contributed by atoms with Crippen LogP contribution < -0.4 is 5.73 Å². The maximum Gasteiger partial charge on any atom is 0.243 e. The SMILES string of the molecule is NC1(C(=O)N2CCn3ccnc3C2)CCC1. The molecule has 3 rings (SSSR count). The Balaban J connectivity index is 1.76.